The molecule has 11 heavy (non-hydrogen) atoms. The summed E-state index contributed by atoms with van der Waals surface area (Å²) < 4.78 is 0. The Labute approximate surface area is 70.9 Å². The second-order valence-electron chi connectivity index (χ2n) is 4.15. The molecule has 1 heteroatoms. The number of aliphatic imine (C=N–C) groups is 1. The Kier molecular flexibility index (Phi) is 3.28. The van der Waals surface area contributed by atoms with E-state index in [0.717, 1.165) is 12.8 Å². The minimum absolute atomic E-state index is 0.0764. The summed E-state index contributed by atoms with van der Waals surface area (Å²) in [7, 11) is 0. The van der Waals surface area contributed by atoms with Gasteiger partial charge in [-0.2, -0.15) is 0 Å². The fraction of sp³-hybridized carbons (Fsp3) is 0.900. The van der Waals surface area contributed by atoms with Crippen LogP contribution in [-0.4, -0.2) is 12.3 Å². The molecule has 0 aliphatic carbocycles. The summed E-state index contributed by atoms with van der Waals surface area (Å²) in [6.45, 7) is 14.8. The smallest absolute Gasteiger partial charge is 0.0643 e. The Hall–Kier alpha value is -0.330. The van der Waals surface area contributed by atoms with Gasteiger partial charge in [0.2, 0.25) is 0 Å². The quantitative estimate of drug-likeness (QED) is 0.554. The zero-order valence-corrected chi connectivity index (χ0v) is 8.57. The van der Waals surface area contributed by atoms with Gasteiger partial charge in [0.15, 0.2) is 0 Å². The first-order valence-electron chi connectivity index (χ1n) is 4.41. The van der Waals surface area contributed by atoms with Gasteiger partial charge in [0.05, 0.1) is 5.54 Å². The van der Waals surface area contributed by atoms with Crippen LogP contribution in [0.4, 0.5) is 0 Å². The molecule has 0 atom stereocenters. The van der Waals surface area contributed by atoms with Crippen LogP contribution in [0.5, 0.6) is 0 Å². The lowest BCUT2D eigenvalue weighted by molar-refractivity contribution is 0.178. The Morgan fingerprint density at radius 3 is 1.45 bits per heavy atom. The van der Waals surface area contributed by atoms with Crippen LogP contribution in [0, 0.1) is 5.41 Å². The van der Waals surface area contributed by atoms with E-state index < -0.39 is 0 Å². The number of hydrogen-bond acceptors (Lipinski definition) is 1. The maximum Gasteiger partial charge on any atom is 0.0643 e. The highest BCUT2D eigenvalue weighted by Crippen LogP contribution is 2.38. The zero-order chi connectivity index (χ0) is 9.12. The minimum Gasteiger partial charge on any atom is -0.294 e. The van der Waals surface area contributed by atoms with Crippen molar-refractivity contribution < 1.29 is 0 Å². The topological polar surface area (TPSA) is 12.4 Å². The third-order valence-corrected chi connectivity index (χ3v) is 2.87. The van der Waals surface area contributed by atoms with Gasteiger partial charge < -0.3 is 0 Å². The molecule has 0 amide bonds. The van der Waals surface area contributed by atoms with E-state index in [1.54, 1.807) is 0 Å². The molecule has 0 saturated heterocycles. The summed E-state index contributed by atoms with van der Waals surface area (Å²) in [5.74, 6) is 0. The largest absolute Gasteiger partial charge is 0.294 e. The van der Waals surface area contributed by atoms with Gasteiger partial charge in [0.1, 0.15) is 0 Å². The first-order chi connectivity index (χ1) is 4.93. The van der Waals surface area contributed by atoms with Crippen LogP contribution < -0.4 is 0 Å². The van der Waals surface area contributed by atoms with E-state index in [1.807, 2.05) is 0 Å². The molecule has 1 nitrogen and oxygen atoms in total. The molecule has 0 aromatic rings. The van der Waals surface area contributed by atoms with E-state index in [-0.39, 0.29) is 11.0 Å². The van der Waals surface area contributed by atoms with Gasteiger partial charge in [-0.05, 0) is 25.0 Å². The third-order valence-electron chi connectivity index (χ3n) is 2.87. The van der Waals surface area contributed by atoms with E-state index >= 15 is 0 Å². The minimum atomic E-state index is 0.0764. The predicted octanol–water partition coefficient (Wildman–Crippen LogP) is 3.29. The summed E-state index contributed by atoms with van der Waals surface area (Å²) >= 11 is 0. The second-order valence-corrected chi connectivity index (χ2v) is 4.15. The molecule has 0 rings (SSSR count). The van der Waals surface area contributed by atoms with E-state index in [2.05, 4.69) is 46.3 Å². The summed E-state index contributed by atoms with van der Waals surface area (Å²) in [5, 5.41) is 0. The van der Waals surface area contributed by atoms with Crippen LogP contribution in [-0.2, 0) is 0 Å². The predicted molar refractivity (Wildman–Crippen MR) is 52.3 cm³/mol. The first kappa shape index (κ1) is 10.7. The van der Waals surface area contributed by atoms with E-state index in [4.69, 9.17) is 0 Å². The van der Waals surface area contributed by atoms with Crippen molar-refractivity contribution in [3.63, 3.8) is 0 Å². The zero-order valence-electron chi connectivity index (χ0n) is 8.57. The van der Waals surface area contributed by atoms with Crippen molar-refractivity contribution in [3.05, 3.63) is 0 Å². The average molecular weight is 155 g/mol. The molecule has 0 saturated carbocycles. The van der Waals surface area contributed by atoms with Crippen LogP contribution in [0.15, 0.2) is 4.99 Å². The highest BCUT2D eigenvalue weighted by molar-refractivity contribution is 5.27. The number of nitrogens with zero attached hydrogens (tertiary/aromatic N) is 1. The highest BCUT2D eigenvalue weighted by atomic mass is 14.9. The molecule has 0 aliphatic heterocycles. The van der Waals surface area contributed by atoms with Crippen molar-refractivity contribution in [2.75, 3.05) is 0 Å². The Balaban J connectivity index is 4.68. The molecule has 0 unspecified atom stereocenters. The molecule has 0 aliphatic rings. The molecule has 0 spiro atoms. The van der Waals surface area contributed by atoms with Crippen molar-refractivity contribution in [2.45, 2.75) is 53.0 Å². The Morgan fingerprint density at radius 1 is 1.09 bits per heavy atom. The molecule has 0 bridgehead atoms. The molecule has 0 radical (unpaired) electrons. The van der Waals surface area contributed by atoms with Crippen LogP contribution in [0.3, 0.4) is 0 Å². The average Bonchev–Trinajstić information content (AvgIpc) is 1.90. The molecule has 66 valence electrons. The van der Waals surface area contributed by atoms with Crippen LogP contribution in [0.2, 0.25) is 0 Å². The summed E-state index contributed by atoms with van der Waals surface area (Å²) in [6.07, 6.45) is 2.16. The van der Waals surface area contributed by atoms with Crippen molar-refractivity contribution in [1.82, 2.24) is 0 Å². The molecule has 0 heterocycles. The standard InChI is InChI=1S/C10H21N/c1-7-10(8-2,11-6)9(3,4)5/h6-8H2,1-5H3. The van der Waals surface area contributed by atoms with Gasteiger partial charge in [-0.3, -0.25) is 4.99 Å². The van der Waals surface area contributed by atoms with Gasteiger partial charge in [-0.1, -0.05) is 34.6 Å². The molecule has 0 aromatic carbocycles. The molecular formula is C10H21N. The van der Waals surface area contributed by atoms with Crippen LogP contribution in [0.1, 0.15) is 47.5 Å². The number of rotatable bonds is 3. The lowest BCUT2D eigenvalue weighted by atomic mass is 9.71. The third kappa shape index (κ3) is 1.82. The fourth-order valence-electron chi connectivity index (χ4n) is 1.77. The highest BCUT2D eigenvalue weighted by Gasteiger charge is 2.37. The second kappa shape index (κ2) is 3.38. The normalized spacial score (nSPS) is 13.2. The van der Waals surface area contributed by atoms with Gasteiger partial charge in [0, 0.05) is 0 Å². The Bertz CT molecular complexity index is 126. The van der Waals surface area contributed by atoms with E-state index in [9.17, 15) is 0 Å². The van der Waals surface area contributed by atoms with Crippen LogP contribution >= 0.6 is 0 Å². The van der Waals surface area contributed by atoms with Gasteiger partial charge in [-0.25, -0.2) is 0 Å². The van der Waals surface area contributed by atoms with Crippen LogP contribution in [0.25, 0.3) is 0 Å². The molecular weight excluding hydrogens is 134 g/mol. The van der Waals surface area contributed by atoms with Gasteiger partial charge in [-0.15, -0.1) is 0 Å². The Morgan fingerprint density at radius 2 is 1.45 bits per heavy atom. The fourth-order valence-corrected chi connectivity index (χ4v) is 1.77. The summed E-state index contributed by atoms with van der Waals surface area (Å²) in [4.78, 5) is 4.28. The van der Waals surface area contributed by atoms with Crippen molar-refractivity contribution in [3.8, 4) is 0 Å². The molecule has 0 fully saturated rings. The maximum atomic E-state index is 4.28. The summed E-state index contributed by atoms with van der Waals surface area (Å²) in [6, 6.07) is 0. The van der Waals surface area contributed by atoms with Crippen molar-refractivity contribution in [2.24, 2.45) is 10.4 Å². The molecule has 0 aromatic heterocycles. The van der Waals surface area contributed by atoms with E-state index in [0.29, 0.717) is 0 Å². The van der Waals surface area contributed by atoms with E-state index in [1.165, 1.54) is 0 Å². The summed E-state index contributed by atoms with van der Waals surface area (Å²) in [5.41, 5.74) is 0.311. The number of hydrogen-bond donors (Lipinski definition) is 0. The monoisotopic (exact) mass is 155 g/mol. The first-order valence-corrected chi connectivity index (χ1v) is 4.41. The lowest BCUT2D eigenvalue weighted by Gasteiger charge is -2.40. The maximum absolute atomic E-state index is 4.28. The van der Waals surface area contributed by atoms with Gasteiger partial charge in [0.25, 0.3) is 0 Å². The van der Waals surface area contributed by atoms with Gasteiger partial charge >= 0.3 is 0 Å². The molecule has 0 N–H and O–H groups in total. The lowest BCUT2D eigenvalue weighted by Crippen LogP contribution is -2.39. The van der Waals surface area contributed by atoms with Crippen molar-refractivity contribution in [1.29, 1.82) is 0 Å². The van der Waals surface area contributed by atoms with Crippen molar-refractivity contribution >= 4 is 6.72 Å². The SMILES string of the molecule is C=NC(CC)(CC)C(C)(C)C.